The number of hydrogen-bond acceptors (Lipinski definition) is 10. The first kappa shape index (κ1) is 50.0. The van der Waals surface area contributed by atoms with Crippen molar-refractivity contribution in [1.29, 1.82) is 0 Å². The summed E-state index contributed by atoms with van der Waals surface area (Å²) in [5.74, 6) is -4.79. The predicted molar refractivity (Wildman–Crippen MR) is 257 cm³/mol. The number of nitrogen functional groups attached to an aromatic ring is 1. The molecule has 5 fully saturated rings. The molecule has 3 heterocycles. The van der Waals surface area contributed by atoms with Crippen molar-refractivity contribution in [1.82, 2.24) is 24.5 Å². The number of alkyl halides is 2. The standard InChI is InChI=1S/C29H29F3N4O5.C25H26FN3O4/c1-17(19-4-5-19)35(13-18-2-6-21(30)7-3-18)24(37)14-36-25(38)29(41-27(36)40)11-10-20-12-22(8-9-23(20)29)33-26(39)34-15-28(31,32)16-34;1-15(17-4-5-17)28(13-16-2-6-19(26)7-3-16)22(30)14-29-23(31)25(33-24(29)32)11-10-18-12-20(27)8-9-21(18)25/h2-3,6-9,12,17,19H,4-5,10-11,13-16H2,1H3,(H,33,39);2-3,6-9,12,15,17H,4-5,10-11,13-14,27H2,1H3/t17-,29-;15-,25-/m11/s1. The van der Waals surface area contributed by atoms with E-state index in [9.17, 15) is 51.1 Å². The molecule has 0 bridgehead atoms. The fourth-order valence-electron chi connectivity index (χ4n) is 10.9. The normalized spacial score (nSPS) is 22.9. The van der Waals surface area contributed by atoms with Crippen LogP contribution in [-0.4, -0.2) is 111 Å². The van der Waals surface area contributed by atoms with Crippen molar-refractivity contribution >= 4 is 53.2 Å². The number of ether oxygens (including phenoxy) is 2. The molecule has 4 atom stereocenters. The average molecular weight is 1020 g/mol. The van der Waals surface area contributed by atoms with E-state index in [0.717, 1.165) is 57.1 Å². The smallest absolute Gasteiger partial charge is 0.418 e. The Morgan fingerprint density at radius 3 is 1.53 bits per heavy atom. The monoisotopic (exact) mass is 1020 g/mol. The summed E-state index contributed by atoms with van der Waals surface area (Å²) >= 11 is 0. The number of halogens is 4. The molecule has 8 amide bonds. The van der Waals surface area contributed by atoms with Crippen molar-refractivity contribution in [3.05, 3.63) is 130 Å². The van der Waals surface area contributed by atoms with E-state index in [2.05, 4.69) is 5.32 Å². The zero-order valence-electron chi connectivity index (χ0n) is 40.8. The number of imide groups is 2. The van der Waals surface area contributed by atoms with Crippen LogP contribution in [0.3, 0.4) is 0 Å². The summed E-state index contributed by atoms with van der Waals surface area (Å²) in [4.78, 5) is 97.9. The molecule has 2 spiro atoms. The largest absolute Gasteiger partial charge is 0.427 e. The highest BCUT2D eigenvalue weighted by molar-refractivity contribution is 6.07. The molecule has 0 unspecified atom stereocenters. The molecule has 0 aromatic heterocycles. The summed E-state index contributed by atoms with van der Waals surface area (Å²) in [5, 5.41) is 2.58. The Morgan fingerprint density at radius 1 is 0.662 bits per heavy atom. The van der Waals surface area contributed by atoms with Gasteiger partial charge in [-0.1, -0.05) is 36.4 Å². The van der Waals surface area contributed by atoms with Gasteiger partial charge < -0.3 is 35.2 Å². The van der Waals surface area contributed by atoms with Crippen LogP contribution in [0.4, 0.5) is 43.3 Å². The van der Waals surface area contributed by atoms with Crippen LogP contribution >= 0.6 is 0 Å². The van der Waals surface area contributed by atoms with Gasteiger partial charge in [-0.3, -0.25) is 19.2 Å². The molecule has 16 nitrogen and oxygen atoms in total. The molecular weight excluding hydrogens is 967 g/mol. The molecule has 0 radical (unpaired) electrons. The van der Waals surface area contributed by atoms with E-state index in [1.54, 1.807) is 64.4 Å². The number of carbonyl (C=O) groups is 7. The fourth-order valence-corrected chi connectivity index (χ4v) is 10.9. The van der Waals surface area contributed by atoms with Crippen molar-refractivity contribution in [3.8, 4) is 0 Å². The number of fused-ring (bicyclic) bond motifs is 4. The van der Waals surface area contributed by atoms with E-state index in [0.29, 0.717) is 59.2 Å². The number of aryl methyl sites for hydroxylation is 2. The molecule has 4 aliphatic carbocycles. The summed E-state index contributed by atoms with van der Waals surface area (Å²) in [5.41, 5.74) is 8.03. The number of benzene rings is 4. The Hall–Kier alpha value is -7.51. The van der Waals surface area contributed by atoms with Crippen molar-refractivity contribution in [2.24, 2.45) is 11.8 Å². The Bertz CT molecular complexity index is 2950. The second-order valence-corrected chi connectivity index (χ2v) is 20.6. The molecule has 4 aromatic carbocycles. The second-order valence-electron chi connectivity index (χ2n) is 20.6. The summed E-state index contributed by atoms with van der Waals surface area (Å²) in [7, 11) is 0. The van der Waals surface area contributed by atoms with Crippen LogP contribution in [0.25, 0.3) is 0 Å². The minimum absolute atomic E-state index is 0.0552. The minimum atomic E-state index is -2.88. The second kappa shape index (κ2) is 19.1. The number of anilines is 2. The van der Waals surface area contributed by atoms with Crippen molar-refractivity contribution in [2.75, 3.05) is 37.2 Å². The molecule has 3 N–H and O–H groups in total. The number of carbonyl (C=O) groups excluding carboxylic acids is 7. The maximum absolute atomic E-state index is 13.7. The molecule has 20 heteroatoms. The Morgan fingerprint density at radius 2 is 1.09 bits per heavy atom. The molecule has 7 aliphatic rings. The highest BCUT2D eigenvalue weighted by Crippen LogP contribution is 2.48. The summed E-state index contributed by atoms with van der Waals surface area (Å²) < 4.78 is 64.2. The van der Waals surface area contributed by atoms with Gasteiger partial charge in [-0.05, 0) is 135 Å². The SMILES string of the molecule is C[C@H](C1CC1)N(Cc1ccc(F)cc1)C(=O)CN1C(=O)O[C@@]2(CCc3cc(N)ccc32)C1=O.C[C@H](C1CC1)N(Cc1ccc(F)cc1)C(=O)CN1C(=O)O[C@@]2(CCc3cc(NC(=O)N4CC(F)(F)C4)ccc32)C1=O. The van der Waals surface area contributed by atoms with Gasteiger partial charge in [0.25, 0.3) is 17.7 Å². The lowest BCUT2D eigenvalue weighted by Gasteiger charge is -2.38. The van der Waals surface area contributed by atoms with Crippen molar-refractivity contribution in [3.63, 3.8) is 0 Å². The molecule has 3 saturated heterocycles. The van der Waals surface area contributed by atoms with E-state index in [1.807, 2.05) is 13.8 Å². The Balaban J connectivity index is 0.000000173. The van der Waals surface area contributed by atoms with Gasteiger partial charge in [0.05, 0.1) is 13.1 Å². The van der Waals surface area contributed by atoms with Gasteiger partial charge in [0, 0.05) is 60.5 Å². The predicted octanol–water partition coefficient (Wildman–Crippen LogP) is 7.61. The van der Waals surface area contributed by atoms with Gasteiger partial charge in [0.1, 0.15) is 24.7 Å². The number of hydrogen-bond donors (Lipinski definition) is 2. The lowest BCUT2D eigenvalue weighted by Crippen LogP contribution is -2.59. The first-order valence-electron chi connectivity index (χ1n) is 24.9. The van der Waals surface area contributed by atoms with Gasteiger partial charge in [-0.2, -0.15) is 0 Å². The van der Waals surface area contributed by atoms with Crippen LogP contribution in [0.1, 0.15) is 85.8 Å². The molecule has 3 aliphatic heterocycles. The molecule has 11 rings (SSSR count). The molecular formula is C54H55F4N7O9. The number of nitrogens with one attached hydrogen (secondary N) is 1. The highest BCUT2D eigenvalue weighted by atomic mass is 19.3. The van der Waals surface area contributed by atoms with Gasteiger partial charge in [0.15, 0.2) is 0 Å². The third-order valence-corrected chi connectivity index (χ3v) is 15.5. The van der Waals surface area contributed by atoms with E-state index in [-0.39, 0.29) is 55.7 Å². The van der Waals surface area contributed by atoms with Gasteiger partial charge in [-0.15, -0.1) is 0 Å². The zero-order valence-corrected chi connectivity index (χ0v) is 40.8. The number of nitrogens with zero attached hydrogens (tertiary/aromatic N) is 5. The number of likely N-dealkylation sites (tertiary alicyclic amines) is 1. The molecule has 2 saturated carbocycles. The van der Waals surface area contributed by atoms with Crippen molar-refractivity contribution < 1.29 is 60.6 Å². The zero-order chi connectivity index (χ0) is 52.4. The van der Waals surface area contributed by atoms with E-state index >= 15 is 0 Å². The third-order valence-electron chi connectivity index (χ3n) is 15.5. The van der Waals surface area contributed by atoms with Gasteiger partial charge in [0.2, 0.25) is 23.0 Å². The number of amides is 8. The summed E-state index contributed by atoms with van der Waals surface area (Å²) in [6, 6.07) is 20.9. The Labute approximate surface area is 423 Å². The van der Waals surface area contributed by atoms with Crippen LogP contribution in [0.5, 0.6) is 0 Å². The van der Waals surface area contributed by atoms with Crippen molar-refractivity contribution in [2.45, 2.75) is 108 Å². The minimum Gasteiger partial charge on any atom is -0.427 e. The van der Waals surface area contributed by atoms with E-state index in [1.165, 1.54) is 30.3 Å². The quantitative estimate of drug-likeness (QED) is 0.0995. The van der Waals surface area contributed by atoms with Crippen LogP contribution in [0, 0.1) is 23.5 Å². The van der Waals surface area contributed by atoms with Crippen LogP contribution in [0.15, 0.2) is 84.9 Å². The molecule has 74 heavy (non-hydrogen) atoms. The van der Waals surface area contributed by atoms with Crippen LogP contribution < -0.4 is 11.1 Å². The molecule has 4 aromatic rings. The summed E-state index contributed by atoms with van der Waals surface area (Å²) in [6.07, 6.45) is 3.74. The van der Waals surface area contributed by atoms with Gasteiger partial charge in [-0.25, -0.2) is 41.7 Å². The van der Waals surface area contributed by atoms with E-state index < -0.39 is 72.7 Å². The van der Waals surface area contributed by atoms with Gasteiger partial charge >= 0.3 is 18.2 Å². The average Bonchev–Trinajstić information content (AvgIpc) is 4.30. The first-order valence-corrected chi connectivity index (χ1v) is 24.9. The van der Waals surface area contributed by atoms with Crippen LogP contribution in [0.2, 0.25) is 0 Å². The van der Waals surface area contributed by atoms with E-state index in [4.69, 9.17) is 15.2 Å². The lowest BCUT2D eigenvalue weighted by molar-refractivity contribution is -0.143. The number of nitrogens with two attached hydrogens (primary N) is 1. The summed E-state index contributed by atoms with van der Waals surface area (Å²) in [6.45, 7) is 2.24. The maximum atomic E-state index is 13.7. The third kappa shape index (κ3) is 9.61. The maximum Gasteiger partial charge on any atom is 0.418 e. The Kier molecular flexibility index (Phi) is 12.9. The number of rotatable bonds is 13. The topological polar surface area (TPSA) is 192 Å². The first-order chi connectivity index (χ1) is 35.2. The number of urea groups is 1. The van der Waals surface area contributed by atoms with Crippen LogP contribution in [-0.2, 0) is 65.8 Å². The molecule has 388 valence electrons. The highest BCUT2D eigenvalue weighted by Gasteiger charge is 2.60. The lowest BCUT2D eigenvalue weighted by atomic mass is 9.94. The fraction of sp³-hybridized carbons (Fsp3) is 0.426.